The maximum Gasteiger partial charge on any atom is 0.183 e. The summed E-state index contributed by atoms with van der Waals surface area (Å²) in [5.74, 6) is 1.56. The molecule has 1 saturated heterocycles. The van der Waals surface area contributed by atoms with Gasteiger partial charge >= 0.3 is 0 Å². The molecule has 2 unspecified atom stereocenters. The smallest absolute Gasteiger partial charge is 0.183 e. The molecule has 1 aliphatic carbocycles. The fraction of sp³-hybridized carbons (Fsp3) is 0.320. The Morgan fingerprint density at radius 2 is 2.16 bits per heavy atom. The van der Waals surface area contributed by atoms with Crippen molar-refractivity contribution < 1.29 is 4.79 Å². The molecule has 0 amide bonds. The van der Waals surface area contributed by atoms with Crippen molar-refractivity contribution in [2.24, 2.45) is 0 Å². The lowest BCUT2D eigenvalue weighted by Crippen LogP contribution is -2.53. The number of rotatable bonds is 4. The second-order valence-corrected chi connectivity index (χ2v) is 9.11. The predicted octanol–water partition coefficient (Wildman–Crippen LogP) is 3.86. The summed E-state index contributed by atoms with van der Waals surface area (Å²) in [5, 5.41) is 8.18. The Balaban J connectivity index is 1.23. The second kappa shape index (κ2) is 7.22. The molecule has 2 atom stereocenters. The van der Waals surface area contributed by atoms with Crippen molar-refractivity contribution in [2.45, 2.75) is 37.8 Å². The van der Waals surface area contributed by atoms with Crippen LogP contribution in [-0.2, 0) is 4.79 Å². The van der Waals surface area contributed by atoms with Crippen LogP contribution in [0.3, 0.4) is 0 Å². The Hall–Kier alpha value is -3.61. The molecule has 7 nitrogen and oxygen atoms in total. The summed E-state index contributed by atoms with van der Waals surface area (Å²) in [6.07, 6.45) is 10.3. The van der Waals surface area contributed by atoms with Gasteiger partial charge in [0.2, 0.25) is 0 Å². The van der Waals surface area contributed by atoms with Crippen LogP contribution in [0.1, 0.15) is 37.7 Å². The molecule has 2 bridgehead atoms. The van der Waals surface area contributed by atoms with Crippen LogP contribution in [0.25, 0.3) is 11.0 Å². The van der Waals surface area contributed by atoms with E-state index in [0.717, 1.165) is 59.7 Å². The van der Waals surface area contributed by atoms with Crippen molar-refractivity contribution in [3.05, 3.63) is 71.8 Å². The lowest BCUT2D eigenvalue weighted by Gasteiger charge is -2.40. The normalized spacial score (nSPS) is 24.8. The average molecular weight is 427 g/mol. The number of fused-ring (bicyclic) bond motifs is 3. The third-order valence-corrected chi connectivity index (χ3v) is 6.75. The van der Waals surface area contributed by atoms with E-state index in [4.69, 9.17) is 0 Å². The number of hydrogen-bond acceptors (Lipinski definition) is 6. The highest BCUT2D eigenvalue weighted by Crippen LogP contribution is 2.37. The summed E-state index contributed by atoms with van der Waals surface area (Å²) in [4.78, 5) is 26.6. The lowest BCUT2D eigenvalue weighted by molar-refractivity contribution is -0.111. The van der Waals surface area contributed by atoms with Gasteiger partial charge in [0.1, 0.15) is 23.5 Å². The molecule has 4 aliphatic rings. The first-order valence-corrected chi connectivity index (χ1v) is 11.2. The van der Waals surface area contributed by atoms with Crippen molar-refractivity contribution in [2.75, 3.05) is 23.3 Å². The minimum absolute atomic E-state index is 0.113. The Kier molecular flexibility index (Phi) is 4.31. The van der Waals surface area contributed by atoms with E-state index in [1.165, 1.54) is 5.56 Å². The number of hydrogen-bond donors (Lipinski definition) is 3. The van der Waals surface area contributed by atoms with Gasteiger partial charge in [0.05, 0.1) is 5.39 Å². The Bertz CT molecular complexity index is 1270. The zero-order valence-corrected chi connectivity index (χ0v) is 18.1. The third-order valence-electron chi connectivity index (χ3n) is 6.75. The number of allylic oxidation sites excluding steroid dienone is 2. The van der Waals surface area contributed by atoms with Gasteiger partial charge < -0.3 is 20.5 Å². The van der Waals surface area contributed by atoms with E-state index >= 15 is 0 Å². The van der Waals surface area contributed by atoms with Crippen molar-refractivity contribution in [3.8, 4) is 0 Å². The van der Waals surface area contributed by atoms with Gasteiger partial charge in [-0.25, -0.2) is 9.97 Å². The van der Waals surface area contributed by atoms with Crippen LogP contribution in [0.4, 0.5) is 11.5 Å². The largest absolute Gasteiger partial charge is 0.363 e. The number of piperidine rings is 1. The van der Waals surface area contributed by atoms with E-state index in [-0.39, 0.29) is 11.4 Å². The summed E-state index contributed by atoms with van der Waals surface area (Å²) in [5.41, 5.74) is 4.68. The molecule has 3 aromatic rings. The Morgan fingerprint density at radius 3 is 3.06 bits per heavy atom. The number of carbonyl (C=O) groups is 1. The van der Waals surface area contributed by atoms with Crippen LogP contribution in [0.15, 0.2) is 66.3 Å². The molecule has 1 aromatic carbocycles. The first-order chi connectivity index (χ1) is 15.6. The van der Waals surface area contributed by atoms with Gasteiger partial charge in [-0.05, 0) is 49.6 Å². The molecule has 1 fully saturated rings. The summed E-state index contributed by atoms with van der Waals surface area (Å²) in [6, 6.07) is 10.8. The highest BCUT2D eigenvalue weighted by Gasteiger charge is 2.41. The minimum Gasteiger partial charge on any atom is -0.363 e. The van der Waals surface area contributed by atoms with Gasteiger partial charge in [0.15, 0.2) is 5.78 Å². The standard InChI is InChI=1S/C25H26N6O/c1-16-10-22(32)19-12-25(13-19,29-16)30-20-6-2-4-17(11-20)18-5-3-9-31(14-18)24-21-7-8-26-23(21)27-15-28-24/h2,4,6-8,10-12,15,18,29-30H,3,5,9,13-14H2,1H3,(H,26,27,28). The molecule has 7 rings (SSSR count). The van der Waals surface area contributed by atoms with Gasteiger partial charge in [-0.15, -0.1) is 0 Å². The predicted molar refractivity (Wildman–Crippen MR) is 125 cm³/mol. The number of aromatic nitrogens is 3. The number of anilines is 2. The molecular weight excluding hydrogens is 400 g/mol. The van der Waals surface area contributed by atoms with Gasteiger partial charge in [-0.2, -0.15) is 0 Å². The lowest BCUT2D eigenvalue weighted by atomic mass is 9.84. The van der Waals surface area contributed by atoms with Gasteiger partial charge in [0.25, 0.3) is 0 Å². The quantitative estimate of drug-likeness (QED) is 0.587. The zero-order valence-electron chi connectivity index (χ0n) is 18.1. The molecule has 5 heterocycles. The summed E-state index contributed by atoms with van der Waals surface area (Å²) < 4.78 is 0. The molecule has 0 spiro atoms. The van der Waals surface area contributed by atoms with Crippen molar-refractivity contribution in [1.29, 1.82) is 0 Å². The number of benzene rings is 1. The van der Waals surface area contributed by atoms with Crippen molar-refractivity contribution in [3.63, 3.8) is 0 Å². The Morgan fingerprint density at radius 1 is 1.25 bits per heavy atom. The molecule has 162 valence electrons. The zero-order chi connectivity index (χ0) is 21.7. The summed E-state index contributed by atoms with van der Waals surface area (Å²) in [7, 11) is 0. The van der Waals surface area contributed by atoms with Crippen LogP contribution < -0.4 is 15.5 Å². The SMILES string of the molecule is CC1=CC(=O)C2=CC(Nc3cccc(C4CCCN(c5ncnc6[nH]ccc56)C4)c3)(C2)N1. The van der Waals surface area contributed by atoms with E-state index in [1.807, 2.05) is 19.2 Å². The number of ketones is 1. The molecule has 3 aliphatic heterocycles. The van der Waals surface area contributed by atoms with Crippen LogP contribution in [0.5, 0.6) is 0 Å². The number of carbonyl (C=O) groups excluding carboxylic acids is 1. The first kappa shape index (κ1) is 19.1. The van der Waals surface area contributed by atoms with Crippen LogP contribution in [0, 0.1) is 0 Å². The molecular formula is C25H26N6O. The fourth-order valence-electron chi connectivity index (χ4n) is 5.28. The number of aromatic amines is 1. The van der Waals surface area contributed by atoms with Gasteiger partial charge in [-0.1, -0.05) is 12.1 Å². The monoisotopic (exact) mass is 426 g/mol. The molecule has 0 saturated carbocycles. The van der Waals surface area contributed by atoms with Crippen molar-refractivity contribution in [1.82, 2.24) is 20.3 Å². The molecule has 0 radical (unpaired) electrons. The molecule has 3 N–H and O–H groups in total. The van der Waals surface area contributed by atoms with Crippen molar-refractivity contribution >= 4 is 28.3 Å². The maximum atomic E-state index is 12.1. The molecule has 32 heavy (non-hydrogen) atoms. The van der Waals surface area contributed by atoms with Gasteiger partial charge in [0, 0.05) is 54.7 Å². The number of H-pyrrole nitrogens is 1. The van der Waals surface area contributed by atoms with E-state index < -0.39 is 0 Å². The van der Waals surface area contributed by atoms with Crippen LogP contribution in [0.2, 0.25) is 0 Å². The van der Waals surface area contributed by atoms with Gasteiger partial charge in [-0.3, -0.25) is 4.79 Å². The minimum atomic E-state index is -0.375. The molecule has 2 aromatic heterocycles. The number of nitrogens with zero attached hydrogens (tertiary/aromatic N) is 3. The maximum absolute atomic E-state index is 12.1. The second-order valence-electron chi connectivity index (χ2n) is 9.11. The van der Waals surface area contributed by atoms with E-state index in [2.05, 4.69) is 60.8 Å². The van der Waals surface area contributed by atoms with Crippen LogP contribution in [-0.4, -0.2) is 39.5 Å². The van der Waals surface area contributed by atoms with E-state index in [0.29, 0.717) is 12.3 Å². The molecule has 7 heteroatoms. The highest BCUT2D eigenvalue weighted by atomic mass is 16.1. The first-order valence-electron chi connectivity index (χ1n) is 11.2. The number of nitrogens with one attached hydrogen (secondary N) is 3. The fourth-order valence-corrected chi connectivity index (χ4v) is 5.28. The average Bonchev–Trinajstić information content (AvgIpc) is 3.18. The highest BCUT2D eigenvalue weighted by molar-refractivity contribution is 6.06. The van der Waals surface area contributed by atoms with E-state index in [1.54, 1.807) is 12.4 Å². The van der Waals surface area contributed by atoms with E-state index in [9.17, 15) is 4.79 Å². The Labute approximate surface area is 186 Å². The summed E-state index contributed by atoms with van der Waals surface area (Å²) >= 11 is 0. The topological polar surface area (TPSA) is 85.9 Å². The third kappa shape index (κ3) is 3.25. The van der Waals surface area contributed by atoms with Crippen LogP contribution >= 0.6 is 0 Å². The summed E-state index contributed by atoms with van der Waals surface area (Å²) in [6.45, 7) is 3.88.